The van der Waals surface area contributed by atoms with Crippen LogP contribution in [-0.4, -0.2) is 23.8 Å². The molecule has 1 aromatic carbocycles. The smallest absolute Gasteiger partial charge is 0.248 e. The fourth-order valence-electron chi connectivity index (χ4n) is 2.03. The molecule has 20 heavy (non-hydrogen) atoms. The third kappa shape index (κ3) is 4.04. The van der Waals surface area contributed by atoms with E-state index in [1.54, 1.807) is 6.07 Å². The third-order valence-electron chi connectivity index (χ3n) is 3.04. The summed E-state index contributed by atoms with van der Waals surface area (Å²) in [7, 11) is 0. The number of hydrogen-bond acceptors (Lipinski definition) is 3. The van der Waals surface area contributed by atoms with E-state index >= 15 is 0 Å². The van der Waals surface area contributed by atoms with Crippen LogP contribution in [0.3, 0.4) is 0 Å². The Kier molecular flexibility index (Phi) is 5.18. The highest BCUT2D eigenvalue weighted by atomic mass is 35.5. The number of hydrogen-bond donors (Lipinski definition) is 2. The van der Waals surface area contributed by atoms with Crippen LogP contribution in [0.2, 0.25) is 10.0 Å². The largest absolute Gasteiger partial charge is 0.273 e. The lowest BCUT2D eigenvalue weighted by atomic mass is 10.1. The van der Waals surface area contributed by atoms with E-state index in [-0.39, 0.29) is 23.7 Å². The highest BCUT2D eigenvalue weighted by Gasteiger charge is 2.44. The zero-order chi connectivity index (χ0) is 14.7. The van der Waals surface area contributed by atoms with Gasteiger partial charge in [-0.3, -0.25) is 20.4 Å². The van der Waals surface area contributed by atoms with Gasteiger partial charge in [0.1, 0.15) is 0 Å². The summed E-state index contributed by atoms with van der Waals surface area (Å²) in [5, 5.41) is 1.12. The molecule has 1 fully saturated rings. The van der Waals surface area contributed by atoms with E-state index in [1.807, 2.05) is 18.4 Å². The average Bonchev–Trinajstić information content (AvgIpc) is 3.15. The summed E-state index contributed by atoms with van der Waals surface area (Å²) >= 11 is 13.3. The highest BCUT2D eigenvalue weighted by molar-refractivity contribution is 7.99. The van der Waals surface area contributed by atoms with E-state index in [0.717, 1.165) is 12.0 Å². The Labute approximate surface area is 131 Å². The van der Waals surface area contributed by atoms with Crippen molar-refractivity contribution in [3.8, 4) is 0 Å². The van der Waals surface area contributed by atoms with Gasteiger partial charge in [0, 0.05) is 16.0 Å². The molecule has 1 saturated carbocycles. The molecule has 0 spiro atoms. The maximum atomic E-state index is 11.9. The quantitative estimate of drug-likeness (QED) is 0.833. The number of thioether (sulfide) groups is 1. The molecule has 0 radical (unpaired) electrons. The number of carbonyl (C=O) groups excluding carboxylic acids is 2. The molecule has 1 aliphatic carbocycles. The molecule has 0 aromatic heterocycles. The Hall–Kier alpha value is -0.910. The number of benzene rings is 1. The van der Waals surface area contributed by atoms with Gasteiger partial charge in [-0.05, 0) is 42.4 Å². The Morgan fingerprint density at radius 2 is 1.90 bits per heavy atom. The van der Waals surface area contributed by atoms with E-state index < -0.39 is 0 Å². The lowest BCUT2D eigenvalue weighted by Crippen LogP contribution is -2.43. The molecule has 0 bridgehead atoms. The van der Waals surface area contributed by atoms with Gasteiger partial charge in [0.2, 0.25) is 11.8 Å². The van der Waals surface area contributed by atoms with Crippen molar-refractivity contribution in [2.45, 2.75) is 12.3 Å². The minimum Gasteiger partial charge on any atom is -0.273 e. The van der Waals surface area contributed by atoms with E-state index in [9.17, 15) is 9.59 Å². The molecule has 0 aliphatic heterocycles. The van der Waals surface area contributed by atoms with E-state index in [2.05, 4.69) is 10.9 Å². The SMILES string of the molecule is CSCC(=O)NNC(=O)[C@@H]1C[C@H]1c1cc(Cl)cc(Cl)c1. The Bertz CT molecular complexity index is 519. The van der Waals surface area contributed by atoms with Gasteiger partial charge < -0.3 is 0 Å². The standard InChI is InChI=1S/C13H14Cl2N2O2S/c1-20-6-12(18)16-17-13(19)11-5-10(11)7-2-8(14)4-9(15)3-7/h2-4,10-11H,5-6H2,1H3,(H,16,18)(H,17,19)/t10-,11+/m0/s1. The zero-order valence-corrected chi connectivity index (χ0v) is 13.1. The number of carbonyl (C=O) groups is 2. The second kappa shape index (κ2) is 6.70. The highest BCUT2D eigenvalue weighted by Crippen LogP contribution is 2.48. The van der Waals surface area contributed by atoms with Gasteiger partial charge in [-0.1, -0.05) is 23.2 Å². The molecule has 2 amide bonds. The van der Waals surface area contributed by atoms with Gasteiger partial charge in [-0.25, -0.2) is 0 Å². The predicted molar refractivity (Wildman–Crippen MR) is 82.0 cm³/mol. The van der Waals surface area contributed by atoms with Crippen molar-refractivity contribution in [2.24, 2.45) is 5.92 Å². The predicted octanol–water partition coefficient (Wildman–Crippen LogP) is 2.61. The topological polar surface area (TPSA) is 58.2 Å². The van der Waals surface area contributed by atoms with Crippen LogP contribution in [0.25, 0.3) is 0 Å². The van der Waals surface area contributed by atoms with E-state index in [0.29, 0.717) is 15.8 Å². The number of halogens is 2. The van der Waals surface area contributed by atoms with Gasteiger partial charge in [0.15, 0.2) is 0 Å². The van der Waals surface area contributed by atoms with Crippen molar-refractivity contribution in [1.82, 2.24) is 10.9 Å². The van der Waals surface area contributed by atoms with Crippen molar-refractivity contribution in [3.05, 3.63) is 33.8 Å². The maximum absolute atomic E-state index is 11.9. The van der Waals surface area contributed by atoms with Crippen LogP contribution >= 0.6 is 35.0 Å². The van der Waals surface area contributed by atoms with Crippen LogP contribution in [-0.2, 0) is 9.59 Å². The van der Waals surface area contributed by atoms with Crippen LogP contribution in [0.4, 0.5) is 0 Å². The Morgan fingerprint density at radius 3 is 2.50 bits per heavy atom. The first-order valence-electron chi connectivity index (χ1n) is 6.05. The van der Waals surface area contributed by atoms with Gasteiger partial charge >= 0.3 is 0 Å². The molecule has 0 saturated heterocycles. The van der Waals surface area contributed by atoms with Gasteiger partial charge in [0.05, 0.1) is 5.75 Å². The number of nitrogens with one attached hydrogen (secondary N) is 2. The van der Waals surface area contributed by atoms with Crippen molar-refractivity contribution in [2.75, 3.05) is 12.0 Å². The summed E-state index contributed by atoms with van der Waals surface area (Å²) in [6.07, 6.45) is 2.56. The minimum absolute atomic E-state index is 0.114. The fourth-order valence-corrected chi connectivity index (χ4v) is 2.91. The number of hydrazine groups is 1. The molecule has 4 nitrogen and oxygen atoms in total. The Balaban J connectivity index is 1.87. The van der Waals surface area contributed by atoms with Gasteiger partial charge in [-0.15, -0.1) is 0 Å². The molecular weight excluding hydrogens is 319 g/mol. The molecule has 0 heterocycles. The first kappa shape index (κ1) is 15.5. The maximum Gasteiger partial charge on any atom is 0.248 e. The average molecular weight is 333 g/mol. The summed E-state index contributed by atoms with van der Waals surface area (Å²) in [5.74, 6) is -0.102. The van der Waals surface area contributed by atoms with Crippen molar-refractivity contribution in [3.63, 3.8) is 0 Å². The first-order valence-corrected chi connectivity index (χ1v) is 8.20. The normalized spacial score (nSPS) is 20.4. The van der Waals surface area contributed by atoms with Gasteiger partial charge in [-0.2, -0.15) is 11.8 Å². The second-order valence-electron chi connectivity index (χ2n) is 4.62. The van der Waals surface area contributed by atoms with Crippen molar-refractivity contribution in [1.29, 1.82) is 0 Å². The molecule has 2 N–H and O–H groups in total. The van der Waals surface area contributed by atoms with E-state index in [4.69, 9.17) is 23.2 Å². The molecule has 7 heteroatoms. The van der Waals surface area contributed by atoms with Crippen molar-refractivity contribution >= 4 is 46.8 Å². The first-order chi connectivity index (χ1) is 9.51. The van der Waals surface area contributed by atoms with Crippen LogP contribution in [0.5, 0.6) is 0 Å². The molecule has 2 rings (SSSR count). The van der Waals surface area contributed by atoms with Crippen LogP contribution in [0, 0.1) is 5.92 Å². The number of amides is 2. The third-order valence-corrected chi connectivity index (χ3v) is 4.03. The Morgan fingerprint density at radius 1 is 1.25 bits per heavy atom. The van der Waals surface area contributed by atoms with E-state index in [1.165, 1.54) is 11.8 Å². The molecular formula is C13H14Cl2N2O2S. The summed E-state index contributed by atoms with van der Waals surface area (Å²) in [6.45, 7) is 0. The molecule has 1 aliphatic rings. The van der Waals surface area contributed by atoms with Crippen LogP contribution in [0.15, 0.2) is 18.2 Å². The summed E-state index contributed by atoms with van der Waals surface area (Å²) in [5.41, 5.74) is 5.78. The molecule has 1 aromatic rings. The second-order valence-corrected chi connectivity index (χ2v) is 6.36. The van der Waals surface area contributed by atoms with Crippen LogP contribution in [0.1, 0.15) is 17.9 Å². The lowest BCUT2D eigenvalue weighted by molar-refractivity contribution is -0.128. The van der Waals surface area contributed by atoms with Crippen molar-refractivity contribution < 1.29 is 9.59 Å². The fraction of sp³-hybridized carbons (Fsp3) is 0.385. The van der Waals surface area contributed by atoms with Gasteiger partial charge in [0.25, 0.3) is 0 Å². The summed E-state index contributed by atoms with van der Waals surface area (Å²) in [4.78, 5) is 23.1. The van der Waals surface area contributed by atoms with Crippen LogP contribution < -0.4 is 10.9 Å². The summed E-state index contributed by atoms with van der Waals surface area (Å²) in [6, 6.07) is 5.29. The lowest BCUT2D eigenvalue weighted by Gasteiger charge is -2.06. The number of rotatable bonds is 4. The monoisotopic (exact) mass is 332 g/mol. The molecule has 108 valence electrons. The minimum atomic E-state index is -0.214. The zero-order valence-electron chi connectivity index (χ0n) is 10.8. The molecule has 0 unspecified atom stereocenters. The summed E-state index contributed by atoms with van der Waals surface area (Å²) < 4.78 is 0. The molecule has 2 atom stereocenters.